The number of benzene rings is 1. The van der Waals surface area contributed by atoms with Gasteiger partial charge in [-0.15, -0.1) is 0 Å². The molecule has 4 nitrogen and oxygen atoms in total. The average molecular weight is 334 g/mol. The maximum atomic E-state index is 12.1. The van der Waals surface area contributed by atoms with E-state index in [2.05, 4.69) is 20.7 Å². The first-order valence-corrected chi connectivity index (χ1v) is 8.31. The van der Waals surface area contributed by atoms with Crippen molar-refractivity contribution in [3.63, 3.8) is 0 Å². The molecule has 6 heteroatoms. The van der Waals surface area contributed by atoms with E-state index in [1.807, 2.05) is 0 Å². The van der Waals surface area contributed by atoms with Crippen molar-refractivity contribution in [1.29, 1.82) is 0 Å². The summed E-state index contributed by atoms with van der Waals surface area (Å²) in [6.45, 7) is 0.493. The zero-order valence-electron chi connectivity index (χ0n) is 10.1. The lowest BCUT2D eigenvalue weighted by molar-refractivity contribution is 0.414. The standard InChI is InChI=1S/C12H16BrNO3S/c1-17-10-2-4-11(5-3-10)18(15,16)14-9-12(8-13)6-7-12/h2-5,14H,6-9H2,1H3. The van der Waals surface area contributed by atoms with Gasteiger partial charge in [0.15, 0.2) is 0 Å². The van der Waals surface area contributed by atoms with E-state index in [0.717, 1.165) is 18.2 Å². The maximum Gasteiger partial charge on any atom is 0.240 e. The van der Waals surface area contributed by atoms with Crippen LogP contribution in [0.4, 0.5) is 0 Å². The molecule has 0 radical (unpaired) electrons. The van der Waals surface area contributed by atoms with Crippen molar-refractivity contribution in [2.45, 2.75) is 17.7 Å². The first kappa shape index (κ1) is 13.8. The van der Waals surface area contributed by atoms with E-state index in [1.165, 1.54) is 0 Å². The molecule has 100 valence electrons. The average Bonchev–Trinajstić information content (AvgIpc) is 3.17. The number of sulfonamides is 1. The van der Waals surface area contributed by atoms with E-state index >= 15 is 0 Å². The third-order valence-corrected chi connectivity index (χ3v) is 5.85. The number of hydrogen-bond donors (Lipinski definition) is 1. The Morgan fingerprint density at radius 1 is 1.33 bits per heavy atom. The number of hydrogen-bond acceptors (Lipinski definition) is 3. The summed E-state index contributed by atoms with van der Waals surface area (Å²) >= 11 is 3.42. The number of nitrogens with one attached hydrogen (secondary N) is 1. The van der Waals surface area contributed by atoms with Crippen LogP contribution in [-0.4, -0.2) is 27.4 Å². The van der Waals surface area contributed by atoms with Gasteiger partial charge in [0.05, 0.1) is 12.0 Å². The Labute approximate surface area is 116 Å². The highest BCUT2D eigenvalue weighted by atomic mass is 79.9. The summed E-state index contributed by atoms with van der Waals surface area (Å²) in [5, 5.41) is 0.838. The Balaban J connectivity index is 2.05. The first-order valence-electron chi connectivity index (χ1n) is 5.71. The second kappa shape index (κ2) is 5.19. The van der Waals surface area contributed by atoms with E-state index < -0.39 is 10.0 Å². The van der Waals surface area contributed by atoms with E-state index in [9.17, 15) is 8.42 Å². The molecule has 18 heavy (non-hydrogen) atoms. The quantitative estimate of drug-likeness (QED) is 0.811. The van der Waals surface area contributed by atoms with Crippen LogP contribution in [0.2, 0.25) is 0 Å². The van der Waals surface area contributed by atoms with Gasteiger partial charge in [-0.05, 0) is 42.5 Å². The summed E-state index contributed by atoms with van der Waals surface area (Å²) in [5.41, 5.74) is 0.125. The number of ether oxygens (including phenoxy) is 1. The summed E-state index contributed by atoms with van der Waals surface area (Å²) in [6, 6.07) is 6.39. The zero-order valence-corrected chi connectivity index (χ0v) is 12.6. The van der Waals surface area contributed by atoms with E-state index in [0.29, 0.717) is 12.3 Å². The summed E-state index contributed by atoms with van der Waals surface area (Å²) in [7, 11) is -1.86. The Morgan fingerprint density at radius 3 is 2.39 bits per heavy atom. The van der Waals surface area contributed by atoms with Crippen LogP contribution in [0.25, 0.3) is 0 Å². The largest absolute Gasteiger partial charge is 0.497 e. The van der Waals surface area contributed by atoms with E-state index in [4.69, 9.17) is 4.74 Å². The number of alkyl halides is 1. The van der Waals surface area contributed by atoms with Crippen molar-refractivity contribution in [2.75, 3.05) is 19.0 Å². The Bertz CT molecular complexity index is 509. The molecular weight excluding hydrogens is 318 g/mol. The third-order valence-electron chi connectivity index (χ3n) is 3.25. The van der Waals surface area contributed by atoms with Crippen LogP contribution in [0.3, 0.4) is 0 Å². The zero-order chi connectivity index (χ0) is 13.2. The summed E-state index contributed by atoms with van der Waals surface area (Å²) in [4.78, 5) is 0.272. The molecule has 0 aliphatic heterocycles. The molecule has 1 aliphatic rings. The second-order valence-corrected chi connectivity index (χ2v) is 6.96. The highest BCUT2D eigenvalue weighted by Gasteiger charge is 2.42. The SMILES string of the molecule is COc1ccc(S(=O)(=O)NCC2(CBr)CC2)cc1. The van der Waals surface area contributed by atoms with Crippen LogP contribution in [0.1, 0.15) is 12.8 Å². The Morgan fingerprint density at radius 2 is 1.94 bits per heavy atom. The van der Waals surface area contributed by atoms with Crippen LogP contribution in [0.15, 0.2) is 29.2 Å². The van der Waals surface area contributed by atoms with E-state index in [1.54, 1.807) is 31.4 Å². The predicted molar refractivity (Wildman–Crippen MR) is 73.6 cm³/mol. The molecule has 1 aromatic carbocycles. The third kappa shape index (κ3) is 3.05. The minimum Gasteiger partial charge on any atom is -0.497 e. The lowest BCUT2D eigenvalue weighted by Gasteiger charge is -2.13. The van der Waals surface area contributed by atoms with Crippen molar-refractivity contribution < 1.29 is 13.2 Å². The highest BCUT2D eigenvalue weighted by molar-refractivity contribution is 9.09. The van der Waals surface area contributed by atoms with Gasteiger partial charge in [0, 0.05) is 11.9 Å². The lowest BCUT2D eigenvalue weighted by atomic mass is 10.1. The van der Waals surface area contributed by atoms with Crippen molar-refractivity contribution in [3.05, 3.63) is 24.3 Å². The molecule has 0 heterocycles. The van der Waals surface area contributed by atoms with Gasteiger partial charge in [-0.25, -0.2) is 13.1 Å². The van der Waals surface area contributed by atoms with Crippen molar-refractivity contribution >= 4 is 26.0 Å². The molecule has 0 spiro atoms. The van der Waals surface area contributed by atoms with Gasteiger partial charge < -0.3 is 4.74 Å². The first-order chi connectivity index (χ1) is 8.51. The molecule has 2 rings (SSSR count). The fourth-order valence-corrected chi connectivity index (χ4v) is 3.54. The van der Waals surface area contributed by atoms with E-state index in [-0.39, 0.29) is 10.3 Å². The molecule has 0 amide bonds. The molecule has 1 fully saturated rings. The summed E-state index contributed by atoms with van der Waals surface area (Å²) in [6.07, 6.45) is 2.15. The molecule has 1 aromatic rings. The minimum absolute atomic E-state index is 0.125. The van der Waals surface area contributed by atoms with Gasteiger partial charge in [-0.1, -0.05) is 15.9 Å². The predicted octanol–water partition coefficient (Wildman–Crippen LogP) is 2.15. The van der Waals surface area contributed by atoms with Crippen LogP contribution in [-0.2, 0) is 10.0 Å². The topological polar surface area (TPSA) is 55.4 Å². The molecular formula is C12H16BrNO3S. The Kier molecular flexibility index (Phi) is 3.99. The summed E-state index contributed by atoms with van der Waals surface area (Å²) in [5.74, 6) is 0.646. The molecule has 1 aliphatic carbocycles. The Hall–Kier alpha value is -0.590. The normalized spacial score (nSPS) is 17.4. The molecule has 1 saturated carbocycles. The minimum atomic E-state index is -3.41. The number of rotatable bonds is 6. The van der Waals surface area contributed by atoms with Gasteiger partial charge in [-0.3, -0.25) is 0 Å². The molecule has 0 bridgehead atoms. The maximum absolute atomic E-state index is 12.1. The van der Waals surface area contributed by atoms with Gasteiger partial charge in [-0.2, -0.15) is 0 Å². The van der Waals surface area contributed by atoms with Gasteiger partial charge in [0.2, 0.25) is 10.0 Å². The second-order valence-electron chi connectivity index (χ2n) is 4.63. The van der Waals surface area contributed by atoms with Crippen LogP contribution >= 0.6 is 15.9 Å². The highest BCUT2D eigenvalue weighted by Crippen LogP contribution is 2.46. The molecule has 0 saturated heterocycles. The number of methoxy groups -OCH3 is 1. The summed E-state index contributed by atoms with van der Waals surface area (Å²) < 4.78 is 31.8. The fourth-order valence-electron chi connectivity index (χ4n) is 1.62. The molecule has 1 N–H and O–H groups in total. The van der Waals surface area contributed by atoms with Crippen molar-refractivity contribution in [2.24, 2.45) is 5.41 Å². The van der Waals surface area contributed by atoms with Crippen LogP contribution in [0.5, 0.6) is 5.75 Å². The van der Waals surface area contributed by atoms with Gasteiger partial charge in [0.25, 0.3) is 0 Å². The monoisotopic (exact) mass is 333 g/mol. The van der Waals surface area contributed by atoms with Crippen molar-refractivity contribution in [1.82, 2.24) is 4.72 Å². The molecule has 0 atom stereocenters. The molecule has 0 unspecified atom stereocenters. The fraction of sp³-hybridized carbons (Fsp3) is 0.500. The van der Waals surface area contributed by atoms with Crippen molar-refractivity contribution in [3.8, 4) is 5.75 Å². The lowest BCUT2D eigenvalue weighted by Crippen LogP contribution is -2.31. The van der Waals surface area contributed by atoms with Gasteiger partial charge >= 0.3 is 0 Å². The molecule has 0 aromatic heterocycles. The van der Waals surface area contributed by atoms with Gasteiger partial charge in [0.1, 0.15) is 5.75 Å². The number of halogens is 1. The smallest absolute Gasteiger partial charge is 0.240 e. The van der Waals surface area contributed by atoms with Crippen LogP contribution < -0.4 is 9.46 Å². The van der Waals surface area contributed by atoms with Crippen LogP contribution in [0, 0.1) is 5.41 Å².